The SMILES string of the molecule is Cc1ccc(NC(=O)c2cc3cc(Cl)ccc3oc2=Nc2ccc(C(C)C)cc2)nc1. The number of anilines is 1. The number of fused-ring (bicyclic) bond motifs is 1. The van der Waals surface area contributed by atoms with Gasteiger partial charge >= 0.3 is 0 Å². The van der Waals surface area contributed by atoms with Crippen LogP contribution in [0.1, 0.15) is 41.3 Å². The van der Waals surface area contributed by atoms with Gasteiger partial charge in [-0.1, -0.05) is 43.6 Å². The molecule has 31 heavy (non-hydrogen) atoms. The van der Waals surface area contributed by atoms with E-state index < -0.39 is 0 Å². The molecule has 0 radical (unpaired) electrons. The van der Waals surface area contributed by atoms with Crippen LogP contribution in [0.2, 0.25) is 5.02 Å². The van der Waals surface area contributed by atoms with Crippen LogP contribution in [0.3, 0.4) is 0 Å². The van der Waals surface area contributed by atoms with E-state index in [9.17, 15) is 4.79 Å². The monoisotopic (exact) mass is 431 g/mol. The van der Waals surface area contributed by atoms with Crippen molar-refractivity contribution >= 4 is 40.0 Å². The standard InChI is InChI=1S/C25H22ClN3O2/c1-15(2)17-5-8-20(9-6-17)28-25-21(13-18-12-19(26)7-10-22(18)31-25)24(30)29-23-11-4-16(3)14-27-23/h4-15H,1-3H3,(H,27,29,30). The van der Waals surface area contributed by atoms with Crippen molar-refractivity contribution in [3.8, 4) is 0 Å². The molecule has 2 aromatic heterocycles. The molecule has 4 aromatic rings. The molecular weight excluding hydrogens is 410 g/mol. The minimum atomic E-state index is -0.362. The highest BCUT2D eigenvalue weighted by Gasteiger charge is 2.14. The number of hydrogen-bond donors (Lipinski definition) is 1. The summed E-state index contributed by atoms with van der Waals surface area (Å²) < 4.78 is 6.00. The van der Waals surface area contributed by atoms with Crippen LogP contribution in [0.5, 0.6) is 0 Å². The van der Waals surface area contributed by atoms with E-state index in [0.717, 1.165) is 5.56 Å². The zero-order chi connectivity index (χ0) is 22.0. The van der Waals surface area contributed by atoms with Gasteiger partial charge in [0.2, 0.25) is 5.55 Å². The predicted molar refractivity (Wildman–Crippen MR) is 124 cm³/mol. The summed E-state index contributed by atoms with van der Waals surface area (Å²) in [5.74, 6) is 0.515. The third-order valence-corrected chi connectivity index (χ3v) is 5.13. The van der Waals surface area contributed by atoms with Gasteiger partial charge in [-0.3, -0.25) is 4.79 Å². The molecule has 0 unspecified atom stereocenters. The highest BCUT2D eigenvalue weighted by atomic mass is 35.5. The second-order valence-corrected chi connectivity index (χ2v) is 8.12. The van der Waals surface area contributed by atoms with Crippen LogP contribution in [-0.4, -0.2) is 10.9 Å². The number of hydrogen-bond acceptors (Lipinski definition) is 4. The smallest absolute Gasteiger partial charge is 0.262 e. The lowest BCUT2D eigenvalue weighted by Gasteiger charge is -2.07. The van der Waals surface area contributed by atoms with Crippen LogP contribution < -0.4 is 10.9 Å². The number of amides is 1. The molecule has 4 rings (SSSR count). The van der Waals surface area contributed by atoms with Gasteiger partial charge in [0.1, 0.15) is 17.0 Å². The maximum absolute atomic E-state index is 13.1. The van der Waals surface area contributed by atoms with Gasteiger partial charge in [0.15, 0.2) is 0 Å². The van der Waals surface area contributed by atoms with Crippen LogP contribution in [0.15, 0.2) is 76.3 Å². The highest BCUT2D eigenvalue weighted by molar-refractivity contribution is 6.31. The summed E-state index contributed by atoms with van der Waals surface area (Å²) >= 11 is 6.13. The number of carbonyl (C=O) groups excluding carboxylic acids is 1. The molecule has 6 heteroatoms. The first kappa shape index (κ1) is 20.8. The van der Waals surface area contributed by atoms with Gasteiger partial charge in [-0.25, -0.2) is 9.98 Å². The fourth-order valence-electron chi connectivity index (χ4n) is 3.12. The van der Waals surface area contributed by atoms with Gasteiger partial charge in [0, 0.05) is 16.6 Å². The van der Waals surface area contributed by atoms with Crippen molar-refractivity contribution in [1.29, 1.82) is 0 Å². The molecule has 0 bridgehead atoms. The lowest BCUT2D eigenvalue weighted by atomic mass is 10.0. The fraction of sp³-hybridized carbons (Fsp3) is 0.160. The summed E-state index contributed by atoms with van der Waals surface area (Å²) in [5.41, 5.74) is 4.03. The van der Waals surface area contributed by atoms with Gasteiger partial charge in [-0.15, -0.1) is 0 Å². The Hall–Kier alpha value is -3.44. The Bertz CT molecular complexity index is 1310. The summed E-state index contributed by atoms with van der Waals surface area (Å²) in [5, 5.41) is 4.08. The Labute approximate surface area is 185 Å². The number of benzene rings is 2. The molecule has 0 saturated heterocycles. The summed E-state index contributed by atoms with van der Waals surface area (Å²) in [6.07, 6.45) is 1.70. The topological polar surface area (TPSA) is 67.5 Å². The largest absolute Gasteiger partial charge is 0.438 e. The van der Waals surface area contributed by atoms with Crippen LogP contribution in [0.25, 0.3) is 11.0 Å². The van der Waals surface area contributed by atoms with Crippen molar-refractivity contribution in [2.75, 3.05) is 5.32 Å². The first-order chi connectivity index (χ1) is 14.9. The van der Waals surface area contributed by atoms with Crippen LogP contribution >= 0.6 is 11.6 Å². The second-order valence-electron chi connectivity index (χ2n) is 7.68. The van der Waals surface area contributed by atoms with Crippen molar-refractivity contribution in [3.63, 3.8) is 0 Å². The van der Waals surface area contributed by atoms with E-state index in [0.29, 0.717) is 39.0 Å². The lowest BCUT2D eigenvalue weighted by Crippen LogP contribution is -2.22. The normalized spacial score (nSPS) is 11.8. The Morgan fingerprint density at radius 2 is 1.84 bits per heavy atom. The summed E-state index contributed by atoms with van der Waals surface area (Å²) in [6, 6.07) is 18.5. The molecule has 5 nitrogen and oxygen atoms in total. The number of nitrogens with zero attached hydrogens (tertiary/aromatic N) is 2. The average Bonchev–Trinajstić information content (AvgIpc) is 2.75. The number of carbonyl (C=O) groups is 1. The van der Waals surface area contributed by atoms with E-state index in [1.807, 2.05) is 37.3 Å². The Balaban J connectivity index is 1.81. The minimum Gasteiger partial charge on any atom is -0.438 e. The lowest BCUT2D eigenvalue weighted by molar-refractivity contribution is 0.102. The van der Waals surface area contributed by atoms with Crippen LogP contribution in [0, 0.1) is 6.92 Å². The molecule has 1 amide bonds. The molecule has 1 N–H and O–H groups in total. The second kappa shape index (κ2) is 8.74. The molecular formula is C25H22ClN3O2. The molecule has 0 saturated carbocycles. The number of halogens is 1. The number of aromatic nitrogens is 1. The molecule has 2 aromatic carbocycles. The predicted octanol–water partition coefficient (Wildman–Crippen LogP) is 6.40. The molecule has 156 valence electrons. The van der Waals surface area contributed by atoms with E-state index in [-0.39, 0.29) is 11.5 Å². The maximum atomic E-state index is 13.1. The zero-order valence-electron chi connectivity index (χ0n) is 17.5. The third kappa shape index (κ3) is 4.84. The van der Waals surface area contributed by atoms with Crippen molar-refractivity contribution < 1.29 is 9.21 Å². The Kier molecular flexibility index (Phi) is 5.87. The maximum Gasteiger partial charge on any atom is 0.262 e. The van der Waals surface area contributed by atoms with Gasteiger partial charge < -0.3 is 9.73 Å². The number of pyridine rings is 1. The van der Waals surface area contributed by atoms with Crippen LogP contribution in [-0.2, 0) is 0 Å². The summed E-state index contributed by atoms with van der Waals surface area (Å²) in [4.78, 5) is 21.9. The quantitative estimate of drug-likeness (QED) is 0.406. The highest BCUT2D eigenvalue weighted by Crippen LogP contribution is 2.21. The van der Waals surface area contributed by atoms with Crippen molar-refractivity contribution in [3.05, 3.63) is 94.1 Å². The van der Waals surface area contributed by atoms with Gasteiger partial charge in [0.25, 0.3) is 5.91 Å². The fourth-order valence-corrected chi connectivity index (χ4v) is 3.30. The first-order valence-electron chi connectivity index (χ1n) is 10.0. The van der Waals surface area contributed by atoms with Crippen molar-refractivity contribution in [2.24, 2.45) is 4.99 Å². The van der Waals surface area contributed by atoms with Gasteiger partial charge in [-0.2, -0.15) is 0 Å². The minimum absolute atomic E-state index is 0.219. The van der Waals surface area contributed by atoms with E-state index in [1.54, 1.807) is 36.5 Å². The van der Waals surface area contributed by atoms with Gasteiger partial charge in [-0.05, 0) is 66.4 Å². The van der Waals surface area contributed by atoms with E-state index in [4.69, 9.17) is 16.0 Å². The molecule has 0 aliphatic heterocycles. The molecule has 0 fully saturated rings. The molecule has 0 aliphatic carbocycles. The average molecular weight is 432 g/mol. The first-order valence-corrected chi connectivity index (χ1v) is 10.4. The Morgan fingerprint density at radius 1 is 1.06 bits per heavy atom. The summed E-state index contributed by atoms with van der Waals surface area (Å²) in [6.45, 7) is 6.21. The number of rotatable bonds is 4. The van der Waals surface area contributed by atoms with Gasteiger partial charge in [0.05, 0.1) is 5.69 Å². The van der Waals surface area contributed by atoms with E-state index in [1.165, 1.54) is 5.56 Å². The van der Waals surface area contributed by atoms with Crippen molar-refractivity contribution in [1.82, 2.24) is 4.98 Å². The molecule has 0 spiro atoms. The number of aryl methyl sites for hydroxylation is 1. The van der Waals surface area contributed by atoms with Crippen LogP contribution in [0.4, 0.5) is 11.5 Å². The molecule has 0 atom stereocenters. The van der Waals surface area contributed by atoms with E-state index >= 15 is 0 Å². The third-order valence-electron chi connectivity index (χ3n) is 4.90. The van der Waals surface area contributed by atoms with Crippen molar-refractivity contribution in [2.45, 2.75) is 26.7 Å². The zero-order valence-corrected chi connectivity index (χ0v) is 18.3. The summed E-state index contributed by atoms with van der Waals surface area (Å²) in [7, 11) is 0. The van der Waals surface area contributed by atoms with E-state index in [2.05, 4.69) is 29.1 Å². The molecule has 0 aliphatic rings. The Morgan fingerprint density at radius 3 is 2.52 bits per heavy atom. The number of nitrogens with one attached hydrogen (secondary N) is 1. The molecule has 2 heterocycles.